The van der Waals surface area contributed by atoms with Crippen molar-refractivity contribution in [2.24, 2.45) is 0 Å². The van der Waals surface area contributed by atoms with E-state index in [2.05, 4.69) is 21.9 Å². The first-order valence-corrected chi connectivity index (χ1v) is 3.93. The molecule has 1 aromatic rings. The summed E-state index contributed by atoms with van der Waals surface area (Å²) in [6.45, 7) is 0. The second-order valence-electron chi connectivity index (χ2n) is 1.89. The van der Waals surface area contributed by atoms with Crippen molar-refractivity contribution in [1.29, 1.82) is 0 Å². The summed E-state index contributed by atoms with van der Waals surface area (Å²) < 4.78 is 13.4. The molecule has 0 spiro atoms. The lowest BCUT2D eigenvalue weighted by atomic mass is 10.2. The number of hydrogen-bond acceptors (Lipinski definition) is 0. The molecule has 0 amide bonds. The van der Waals surface area contributed by atoms with Gasteiger partial charge in [0.2, 0.25) is 0 Å². The fourth-order valence-corrected chi connectivity index (χ4v) is 1.57. The summed E-state index contributed by atoms with van der Waals surface area (Å²) in [6.07, 6.45) is 5.04. The van der Waals surface area contributed by atoms with Crippen LogP contribution in [-0.4, -0.2) is 0 Å². The van der Waals surface area contributed by atoms with Gasteiger partial charge in [0.15, 0.2) is 0 Å². The van der Waals surface area contributed by atoms with Gasteiger partial charge >= 0.3 is 0 Å². The third kappa shape index (κ3) is 1.74. The minimum Gasteiger partial charge on any atom is -0.206 e. The summed E-state index contributed by atoms with van der Waals surface area (Å²) >= 11 is 8.63. The highest BCUT2D eigenvalue weighted by atomic mass is 79.9. The van der Waals surface area contributed by atoms with Crippen LogP contribution in [0.15, 0.2) is 16.6 Å². The number of terminal acetylenes is 1. The van der Waals surface area contributed by atoms with E-state index < -0.39 is 5.82 Å². The highest BCUT2D eigenvalue weighted by Gasteiger charge is 2.04. The molecule has 0 N–H and O–H groups in total. The maximum atomic E-state index is 12.9. The van der Waals surface area contributed by atoms with Crippen molar-refractivity contribution in [3.63, 3.8) is 0 Å². The monoisotopic (exact) mass is 232 g/mol. The van der Waals surface area contributed by atoms with Gasteiger partial charge in [-0.3, -0.25) is 0 Å². The Balaban J connectivity index is 3.40. The molecule has 1 rings (SSSR count). The molecule has 0 bridgehead atoms. The molecule has 0 aromatic heterocycles. The molecule has 0 atom stereocenters. The second kappa shape index (κ2) is 3.25. The van der Waals surface area contributed by atoms with Crippen LogP contribution in [0.5, 0.6) is 0 Å². The third-order valence-electron chi connectivity index (χ3n) is 1.15. The van der Waals surface area contributed by atoms with Crippen LogP contribution in [-0.2, 0) is 0 Å². The van der Waals surface area contributed by atoms with Crippen molar-refractivity contribution in [1.82, 2.24) is 0 Å². The molecule has 0 saturated carbocycles. The maximum Gasteiger partial charge on any atom is 0.141 e. The number of halogens is 3. The van der Waals surface area contributed by atoms with Gasteiger partial charge in [-0.05, 0) is 28.1 Å². The molecule has 0 fully saturated rings. The molecule has 3 heteroatoms. The van der Waals surface area contributed by atoms with Gasteiger partial charge in [-0.25, -0.2) is 4.39 Å². The SMILES string of the molecule is C#Cc1c(F)cc(Cl)cc1Br. The van der Waals surface area contributed by atoms with Crippen LogP contribution >= 0.6 is 27.5 Å². The maximum absolute atomic E-state index is 12.9. The molecule has 0 saturated heterocycles. The molecule has 0 heterocycles. The molecular formula is C8H3BrClF. The molecule has 1 aromatic carbocycles. The minimum absolute atomic E-state index is 0.203. The fourth-order valence-electron chi connectivity index (χ4n) is 0.680. The molecule has 11 heavy (non-hydrogen) atoms. The second-order valence-corrected chi connectivity index (χ2v) is 3.18. The quantitative estimate of drug-likeness (QED) is 0.604. The van der Waals surface area contributed by atoms with Crippen LogP contribution in [0.1, 0.15) is 5.56 Å². The highest BCUT2D eigenvalue weighted by Crippen LogP contribution is 2.23. The standard InChI is InChI=1S/C8H3BrClF/c1-2-6-7(9)3-5(10)4-8(6)11/h1,3-4H. The zero-order valence-electron chi connectivity index (χ0n) is 5.37. The van der Waals surface area contributed by atoms with Crippen LogP contribution in [0.4, 0.5) is 4.39 Å². The van der Waals surface area contributed by atoms with E-state index in [1.165, 1.54) is 6.07 Å². The van der Waals surface area contributed by atoms with Gasteiger partial charge in [0.05, 0.1) is 5.56 Å². The van der Waals surface area contributed by atoms with E-state index in [1.807, 2.05) is 0 Å². The van der Waals surface area contributed by atoms with Crippen LogP contribution in [0, 0.1) is 18.2 Å². The van der Waals surface area contributed by atoms with Gasteiger partial charge in [-0.2, -0.15) is 0 Å². The molecule has 0 aliphatic heterocycles. The van der Waals surface area contributed by atoms with Crippen LogP contribution in [0.2, 0.25) is 5.02 Å². The molecular weight excluding hydrogens is 230 g/mol. The first-order chi connectivity index (χ1) is 5.15. The van der Waals surface area contributed by atoms with Crippen molar-refractivity contribution in [2.75, 3.05) is 0 Å². The summed E-state index contributed by atoms with van der Waals surface area (Å²) in [7, 11) is 0. The summed E-state index contributed by atoms with van der Waals surface area (Å²) in [5, 5.41) is 0.327. The Morgan fingerprint density at radius 2 is 2.18 bits per heavy atom. The predicted octanol–water partition coefficient (Wildman–Crippen LogP) is 3.22. The summed E-state index contributed by atoms with van der Waals surface area (Å²) in [4.78, 5) is 0. The van der Waals surface area contributed by atoms with Gasteiger partial charge in [0.25, 0.3) is 0 Å². The minimum atomic E-state index is -0.480. The predicted molar refractivity (Wildman–Crippen MR) is 47.0 cm³/mol. The molecule has 0 aliphatic rings. The normalized spacial score (nSPS) is 9.27. The van der Waals surface area contributed by atoms with Gasteiger partial charge in [0, 0.05) is 9.50 Å². The Kier molecular flexibility index (Phi) is 2.53. The number of benzene rings is 1. The van der Waals surface area contributed by atoms with E-state index in [-0.39, 0.29) is 5.56 Å². The largest absolute Gasteiger partial charge is 0.206 e. The zero-order chi connectivity index (χ0) is 8.43. The van der Waals surface area contributed by atoms with Crippen molar-refractivity contribution in [3.8, 4) is 12.3 Å². The summed E-state index contributed by atoms with van der Waals surface area (Å²) in [5.74, 6) is 1.73. The van der Waals surface area contributed by atoms with Crippen LogP contribution < -0.4 is 0 Å². The summed E-state index contributed by atoms with van der Waals surface area (Å²) in [6, 6.07) is 2.74. The topological polar surface area (TPSA) is 0 Å². The van der Waals surface area contributed by atoms with E-state index in [1.54, 1.807) is 6.07 Å². The van der Waals surface area contributed by atoms with Crippen molar-refractivity contribution in [2.45, 2.75) is 0 Å². The fraction of sp³-hybridized carbons (Fsp3) is 0. The first kappa shape index (κ1) is 8.58. The Hall–Kier alpha value is -0.520. The Morgan fingerprint density at radius 1 is 1.55 bits per heavy atom. The van der Waals surface area contributed by atoms with Crippen LogP contribution in [0.3, 0.4) is 0 Å². The Bertz CT molecular complexity index is 304. The zero-order valence-corrected chi connectivity index (χ0v) is 7.71. The average Bonchev–Trinajstić information content (AvgIpc) is 1.85. The lowest BCUT2D eigenvalue weighted by molar-refractivity contribution is 0.623. The lowest BCUT2D eigenvalue weighted by Crippen LogP contribution is -1.84. The Labute approximate surface area is 77.5 Å². The van der Waals surface area contributed by atoms with E-state index in [4.69, 9.17) is 18.0 Å². The van der Waals surface area contributed by atoms with E-state index in [0.29, 0.717) is 9.50 Å². The number of rotatable bonds is 0. The van der Waals surface area contributed by atoms with E-state index in [0.717, 1.165) is 0 Å². The Morgan fingerprint density at radius 3 is 2.64 bits per heavy atom. The van der Waals surface area contributed by atoms with Gasteiger partial charge in [0.1, 0.15) is 5.82 Å². The lowest BCUT2D eigenvalue weighted by Gasteiger charge is -1.98. The average molecular weight is 233 g/mol. The third-order valence-corrected chi connectivity index (χ3v) is 1.99. The summed E-state index contributed by atoms with van der Waals surface area (Å²) in [5.41, 5.74) is 0.203. The van der Waals surface area contributed by atoms with Gasteiger partial charge in [-0.1, -0.05) is 17.5 Å². The van der Waals surface area contributed by atoms with E-state index >= 15 is 0 Å². The molecule has 0 unspecified atom stereocenters. The molecule has 56 valence electrons. The van der Waals surface area contributed by atoms with E-state index in [9.17, 15) is 4.39 Å². The number of hydrogen-bond donors (Lipinski definition) is 0. The first-order valence-electron chi connectivity index (χ1n) is 2.76. The van der Waals surface area contributed by atoms with Crippen molar-refractivity contribution >= 4 is 27.5 Å². The molecule has 0 radical (unpaired) electrons. The van der Waals surface area contributed by atoms with Crippen molar-refractivity contribution < 1.29 is 4.39 Å². The van der Waals surface area contributed by atoms with Crippen LogP contribution in [0.25, 0.3) is 0 Å². The smallest absolute Gasteiger partial charge is 0.141 e. The molecule has 0 nitrogen and oxygen atoms in total. The molecule has 0 aliphatic carbocycles. The highest BCUT2D eigenvalue weighted by molar-refractivity contribution is 9.10. The van der Waals surface area contributed by atoms with Gasteiger partial charge < -0.3 is 0 Å². The van der Waals surface area contributed by atoms with Gasteiger partial charge in [-0.15, -0.1) is 6.42 Å². The van der Waals surface area contributed by atoms with Crippen molar-refractivity contribution in [3.05, 3.63) is 33.0 Å².